The molecule has 2 rings (SSSR count). The van der Waals surface area contributed by atoms with Gasteiger partial charge in [0.25, 0.3) is 0 Å². The average molecular weight is 301 g/mol. The summed E-state index contributed by atoms with van der Waals surface area (Å²) in [5, 5.41) is 0.0105. The van der Waals surface area contributed by atoms with E-state index in [1.807, 2.05) is 0 Å². The van der Waals surface area contributed by atoms with Crippen LogP contribution in [-0.2, 0) is 23.8 Å². The third kappa shape index (κ3) is 3.06. The van der Waals surface area contributed by atoms with Crippen molar-refractivity contribution in [3.63, 3.8) is 0 Å². The van der Waals surface area contributed by atoms with Crippen LogP contribution in [0.4, 0.5) is 4.79 Å². The van der Waals surface area contributed by atoms with Gasteiger partial charge >= 0.3 is 12.1 Å². The number of amides is 1. The van der Waals surface area contributed by atoms with Crippen LogP contribution in [0.25, 0.3) is 0 Å². The topological polar surface area (TPSA) is 82.1 Å². The van der Waals surface area contributed by atoms with Crippen LogP contribution in [0.15, 0.2) is 11.8 Å². The Bertz CT molecular complexity index is 463. The zero-order chi connectivity index (χ0) is 14.7. The average Bonchev–Trinajstić information content (AvgIpc) is 2.36. The van der Waals surface area contributed by atoms with Gasteiger partial charge in [-0.3, -0.25) is 9.69 Å². The van der Waals surface area contributed by atoms with E-state index in [1.165, 1.54) is 11.8 Å². The Morgan fingerprint density at radius 2 is 2.25 bits per heavy atom. The van der Waals surface area contributed by atoms with Gasteiger partial charge in [0.2, 0.25) is 12.2 Å². The zero-order valence-corrected chi connectivity index (χ0v) is 12.0. The minimum atomic E-state index is -1.08. The van der Waals surface area contributed by atoms with Crippen molar-refractivity contribution in [2.24, 2.45) is 0 Å². The molecule has 1 saturated heterocycles. The number of hydrogen-bond donors (Lipinski definition) is 0. The maximum Gasteiger partial charge on any atom is 0.511 e. The summed E-state index contributed by atoms with van der Waals surface area (Å²) in [5.74, 6) is -0.143. The van der Waals surface area contributed by atoms with Crippen LogP contribution >= 0.6 is 11.8 Å². The maximum absolute atomic E-state index is 12.0. The maximum atomic E-state index is 12.0. The number of thioether (sulfide) groups is 1. The van der Waals surface area contributed by atoms with Crippen LogP contribution in [0.2, 0.25) is 0 Å². The van der Waals surface area contributed by atoms with Gasteiger partial charge in [0, 0.05) is 12.7 Å². The molecule has 2 atom stereocenters. The lowest BCUT2D eigenvalue weighted by atomic mass is 10.1. The summed E-state index contributed by atoms with van der Waals surface area (Å²) in [7, 11) is 0. The van der Waals surface area contributed by atoms with E-state index in [0.29, 0.717) is 12.2 Å². The molecule has 2 heterocycles. The summed E-state index contributed by atoms with van der Waals surface area (Å²) in [4.78, 5) is 35.9. The van der Waals surface area contributed by atoms with Crippen LogP contribution in [0.3, 0.4) is 0 Å². The number of β-lactam (4-membered cyclic amide) rings is 1. The summed E-state index contributed by atoms with van der Waals surface area (Å²) in [6.07, 6.45) is 0.0904. The Hall–Kier alpha value is -1.70. The molecule has 0 aromatic rings. The molecule has 8 heteroatoms. The van der Waals surface area contributed by atoms with Crippen molar-refractivity contribution < 1.29 is 28.6 Å². The SMILES string of the molecule is CCOC(=O)OC(C)OC(=O)C1=CCS[C@@H]2CC(=O)N12. The van der Waals surface area contributed by atoms with Crippen LogP contribution in [0.1, 0.15) is 20.3 Å². The van der Waals surface area contributed by atoms with Gasteiger partial charge in [-0.15, -0.1) is 11.8 Å². The molecular formula is C12H15NO6S. The number of rotatable bonds is 4. The molecular weight excluding hydrogens is 286 g/mol. The van der Waals surface area contributed by atoms with Crippen molar-refractivity contribution in [1.29, 1.82) is 0 Å². The molecule has 0 bridgehead atoms. The number of hydrogen-bond acceptors (Lipinski definition) is 7. The van der Waals surface area contributed by atoms with E-state index in [-0.39, 0.29) is 23.6 Å². The van der Waals surface area contributed by atoms with Gasteiger partial charge in [-0.05, 0) is 13.0 Å². The fraction of sp³-hybridized carbons (Fsp3) is 0.583. The summed E-state index contributed by atoms with van der Waals surface area (Å²) >= 11 is 1.59. The third-order valence-corrected chi connectivity index (χ3v) is 3.86. The molecule has 0 aromatic heterocycles. The number of ether oxygens (including phenoxy) is 3. The molecule has 0 spiro atoms. The van der Waals surface area contributed by atoms with E-state index in [9.17, 15) is 14.4 Å². The summed E-state index contributed by atoms with van der Waals surface area (Å²) < 4.78 is 14.3. The lowest BCUT2D eigenvalue weighted by Crippen LogP contribution is -2.53. The summed E-state index contributed by atoms with van der Waals surface area (Å²) in [5.41, 5.74) is 0.212. The fourth-order valence-corrected chi connectivity index (χ4v) is 2.97. The molecule has 0 aliphatic carbocycles. The largest absolute Gasteiger partial charge is 0.511 e. The number of nitrogens with zero attached hydrogens (tertiary/aromatic N) is 1. The Labute approximate surface area is 120 Å². The van der Waals surface area contributed by atoms with Gasteiger partial charge in [-0.1, -0.05) is 0 Å². The Morgan fingerprint density at radius 3 is 2.90 bits per heavy atom. The van der Waals surface area contributed by atoms with Gasteiger partial charge in [-0.25, -0.2) is 9.59 Å². The van der Waals surface area contributed by atoms with Gasteiger partial charge in [0.15, 0.2) is 0 Å². The standard InChI is InChI=1S/C12H15NO6S/c1-3-17-12(16)19-7(2)18-11(15)8-4-5-20-10-6-9(14)13(8)10/h4,7,10H,3,5-6H2,1-2H3/t7?,10-/m1/s1. The van der Waals surface area contributed by atoms with Crippen molar-refractivity contribution >= 4 is 29.8 Å². The van der Waals surface area contributed by atoms with E-state index in [0.717, 1.165) is 0 Å². The highest BCUT2D eigenvalue weighted by Crippen LogP contribution is 2.37. The number of carbonyl (C=O) groups excluding carboxylic acids is 3. The lowest BCUT2D eigenvalue weighted by Gasteiger charge is -2.42. The normalized spacial score (nSPS) is 22.1. The highest BCUT2D eigenvalue weighted by molar-refractivity contribution is 8.00. The highest BCUT2D eigenvalue weighted by atomic mass is 32.2. The van der Waals surface area contributed by atoms with Gasteiger partial charge in [0.05, 0.1) is 18.4 Å². The zero-order valence-electron chi connectivity index (χ0n) is 11.2. The van der Waals surface area contributed by atoms with Crippen molar-refractivity contribution in [2.45, 2.75) is 31.9 Å². The predicted octanol–water partition coefficient (Wildman–Crippen LogP) is 1.24. The smallest absolute Gasteiger partial charge is 0.435 e. The Balaban J connectivity index is 1.89. The van der Waals surface area contributed by atoms with Crippen LogP contribution < -0.4 is 0 Å². The first-order chi connectivity index (χ1) is 9.52. The molecule has 1 amide bonds. The van der Waals surface area contributed by atoms with Crippen LogP contribution in [-0.4, -0.2) is 47.0 Å². The van der Waals surface area contributed by atoms with E-state index in [1.54, 1.807) is 24.8 Å². The van der Waals surface area contributed by atoms with E-state index in [4.69, 9.17) is 9.47 Å². The highest BCUT2D eigenvalue weighted by Gasteiger charge is 2.43. The molecule has 20 heavy (non-hydrogen) atoms. The molecule has 0 N–H and O–H groups in total. The van der Waals surface area contributed by atoms with E-state index >= 15 is 0 Å². The Morgan fingerprint density at radius 1 is 1.50 bits per heavy atom. The number of carbonyl (C=O) groups is 3. The fourth-order valence-electron chi connectivity index (χ4n) is 1.85. The van der Waals surface area contributed by atoms with Gasteiger partial charge < -0.3 is 14.2 Å². The van der Waals surface area contributed by atoms with Crippen LogP contribution in [0, 0.1) is 0 Å². The monoisotopic (exact) mass is 301 g/mol. The van der Waals surface area contributed by atoms with Gasteiger partial charge in [0.1, 0.15) is 5.70 Å². The first kappa shape index (κ1) is 14.7. The Kier molecular flexibility index (Phi) is 4.53. The van der Waals surface area contributed by atoms with Crippen molar-refractivity contribution in [3.8, 4) is 0 Å². The molecule has 110 valence electrons. The summed E-state index contributed by atoms with van der Waals surface area (Å²) in [6, 6.07) is 0. The molecule has 1 fully saturated rings. The lowest BCUT2D eigenvalue weighted by molar-refractivity contribution is -0.168. The molecule has 1 unspecified atom stereocenters. The third-order valence-electron chi connectivity index (χ3n) is 2.74. The molecule has 2 aliphatic rings. The molecule has 0 radical (unpaired) electrons. The molecule has 0 aromatic carbocycles. The second-order valence-corrected chi connectivity index (χ2v) is 5.33. The second kappa shape index (κ2) is 6.17. The quantitative estimate of drug-likeness (QED) is 0.439. The molecule has 0 saturated carbocycles. The molecule has 2 aliphatic heterocycles. The molecule has 7 nitrogen and oxygen atoms in total. The van der Waals surface area contributed by atoms with Crippen molar-refractivity contribution in [3.05, 3.63) is 11.8 Å². The summed E-state index contributed by atoms with van der Waals surface area (Å²) in [6.45, 7) is 3.21. The van der Waals surface area contributed by atoms with Crippen molar-refractivity contribution in [2.75, 3.05) is 12.4 Å². The first-order valence-electron chi connectivity index (χ1n) is 6.21. The van der Waals surface area contributed by atoms with Gasteiger partial charge in [-0.2, -0.15) is 0 Å². The number of esters is 1. The predicted molar refractivity (Wildman–Crippen MR) is 69.5 cm³/mol. The minimum Gasteiger partial charge on any atom is -0.435 e. The number of fused-ring (bicyclic) bond motifs is 1. The van der Waals surface area contributed by atoms with E-state index < -0.39 is 18.4 Å². The minimum absolute atomic E-state index is 0.0105. The first-order valence-corrected chi connectivity index (χ1v) is 7.26. The van der Waals surface area contributed by atoms with E-state index in [2.05, 4.69) is 4.74 Å². The van der Waals surface area contributed by atoms with Crippen LogP contribution in [0.5, 0.6) is 0 Å². The van der Waals surface area contributed by atoms with Crippen molar-refractivity contribution in [1.82, 2.24) is 4.90 Å². The second-order valence-electron chi connectivity index (χ2n) is 4.12.